The molecule has 2 aromatic carbocycles. The van der Waals surface area contributed by atoms with Crippen LogP contribution >= 0.6 is 0 Å². The van der Waals surface area contributed by atoms with E-state index in [9.17, 15) is 14.4 Å². The number of likely N-dealkylation sites (tertiary alicyclic amines) is 1. The molecule has 1 fully saturated rings. The van der Waals surface area contributed by atoms with Gasteiger partial charge in [0.2, 0.25) is 0 Å². The van der Waals surface area contributed by atoms with Gasteiger partial charge in [0.25, 0.3) is 5.91 Å². The summed E-state index contributed by atoms with van der Waals surface area (Å²) in [6.07, 6.45) is 1.10. The minimum absolute atomic E-state index is 0.180. The topological polar surface area (TPSA) is 82.1 Å². The summed E-state index contributed by atoms with van der Waals surface area (Å²) < 4.78 is 16.1. The Morgan fingerprint density at radius 3 is 2.32 bits per heavy atom. The maximum absolute atomic E-state index is 12.5. The quantitative estimate of drug-likeness (QED) is 0.604. The first kappa shape index (κ1) is 22.3. The second-order valence-corrected chi connectivity index (χ2v) is 7.25. The van der Waals surface area contributed by atoms with Crippen molar-refractivity contribution in [3.8, 4) is 5.75 Å². The van der Waals surface area contributed by atoms with Crippen molar-refractivity contribution in [3.63, 3.8) is 0 Å². The van der Waals surface area contributed by atoms with Gasteiger partial charge in [0.15, 0.2) is 6.61 Å². The predicted octanol–water partition coefficient (Wildman–Crippen LogP) is 3.22. The molecule has 164 valence electrons. The average Bonchev–Trinajstić information content (AvgIpc) is 2.82. The zero-order valence-electron chi connectivity index (χ0n) is 17.6. The zero-order valence-corrected chi connectivity index (χ0v) is 17.6. The number of esters is 2. The fraction of sp³-hybridized carbons (Fsp3) is 0.375. The molecule has 0 N–H and O–H groups in total. The summed E-state index contributed by atoms with van der Waals surface area (Å²) in [5, 5.41) is 0. The van der Waals surface area contributed by atoms with E-state index >= 15 is 0 Å². The highest BCUT2D eigenvalue weighted by Gasteiger charge is 2.28. The minimum Gasteiger partial charge on any atom is -0.488 e. The summed E-state index contributed by atoms with van der Waals surface area (Å²) in [7, 11) is 0. The number of nitrogens with zero attached hydrogens (tertiary/aromatic N) is 1. The van der Waals surface area contributed by atoms with Gasteiger partial charge in [-0.1, -0.05) is 42.5 Å². The average molecular weight is 425 g/mol. The van der Waals surface area contributed by atoms with Gasteiger partial charge < -0.3 is 19.1 Å². The molecule has 2 aromatic rings. The summed E-state index contributed by atoms with van der Waals surface area (Å²) >= 11 is 0. The number of para-hydroxylation sites is 1. The minimum atomic E-state index is -0.613. The van der Waals surface area contributed by atoms with Gasteiger partial charge in [-0.3, -0.25) is 9.59 Å². The van der Waals surface area contributed by atoms with Gasteiger partial charge in [-0.2, -0.15) is 0 Å². The van der Waals surface area contributed by atoms with E-state index in [2.05, 4.69) is 0 Å². The third-order valence-corrected chi connectivity index (χ3v) is 5.14. The molecule has 0 aromatic heterocycles. The molecule has 0 unspecified atom stereocenters. The molecular weight excluding hydrogens is 398 g/mol. The molecular formula is C24H27NO6. The van der Waals surface area contributed by atoms with E-state index in [1.165, 1.54) is 0 Å². The lowest BCUT2D eigenvalue weighted by Gasteiger charge is -2.30. The number of carbonyl (C=O) groups excluding carboxylic acids is 3. The molecule has 1 aliphatic heterocycles. The van der Waals surface area contributed by atoms with Crippen LogP contribution in [0, 0.1) is 5.92 Å². The van der Waals surface area contributed by atoms with Crippen LogP contribution < -0.4 is 4.74 Å². The van der Waals surface area contributed by atoms with Crippen LogP contribution in [0.2, 0.25) is 0 Å². The number of amides is 1. The molecule has 0 atom stereocenters. The Kier molecular flexibility index (Phi) is 8.04. The molecule has 0 saturated carbocycles. The van der Waals surface area contributed by atoms with Crippen LogP contribution in [-0.2, 0) is 25.7 Å². The van der Waals surface area contributed by atoms with Crippen molar-refractivity contribution in [2.45, 2.75) is 26.4 Å². The number of hydrogen-bond acceptors (Lipinski definition) is 6. The Hall–Kier alpha value is -3.35. The molecule has 0 spiro atoms. The van der Waals surface area contributed by atoms with E-state index in [0.29, 0.717) is 44.9 Å². The Bertz CT molecular complexity index is 890. The number of rotatable bonds is 8. The fourth-order valence-electron chi connectivity index (χ4n) is 3.42. The Morgan fingerprint density at radius 1 is 0.935 bits per heavy atom. The molecule has 3 rings (SSSR count). The van der Waals surface area contributed by atoms with E-state index in [-0.39, 0.29) is 30.0 Å². The Morgan fingerprint density at radius 2 is 1.61 bits per heavy atom. The van der Waals surface area contributed by atoms with E-state index in [1.54, 1.807) is 36.1 Å². The molecule has 7 nitrogen and oxygen atoms in total. The molecule has 31 heavy (non-hydrogen) atoms. The van der Waals surface area contributed by atoms with E-state index < -0.39 is 5.97 Å². The number of ether oxygens (including phenoxy) is 3. The van der Waals surface area contributed by atoms with Crippen LogP contribution in [0.1, 0.15) is 35.7 Å². The second kappa shape index (κ2) is 11.2. The third-order valence-electron chi connectivity index (χ3n) is 5.14. The van der Waals surface area contributed by atoms with Crippen molar-refractivity contribution in [3.05, 3.63) is 65.7 Å². The summed E-state index contributed by atoms with van der Waals surface area (Å²) in [5.41, 5.74) is 1.25. The van der Waals surface area contributed by atoms with E-state index in [4.69, 9.17) is 14.2 Å². The van der Waals surface area contributed by atoms with Gasteiger partial charge in [-0.05, 0) is 37.5 Å². The predicted molar refractivity (Wildman–Crippen MR) is 113 cm³/mol. The number of carbonyl (C=O) groups is 3. The maximum atomic E-state index is 12.5. The van der Waals surface area contributed by atoms with Gasteiger partial charge in [0.1, 0.15) is 17.9 Å². The van der Waals surface area contributed by atoms with Crippen LogP contribution in [-0.4, -0.2) is 49.0 Å². The normalized spacial score (nSPS) is 14.0. The highest BCUT2D eigenvalue weighted by Crippen LogP contribution is 2.21. The molecule has 0 bridgehead atoms. The first-order chi connectivity index (χ1) is 15.1. The van der Waals surface area contributed by atoms with Crippen molar-refractivity contribution in [1.29, 1.82) is 0 Å². The third kappa shape index (κ3) is 6.31. The summed E-state index contributed by atoms with van der Waals surface area (Å²) in [6.45, 7) is 2.98. The molecule has 1 amide bonds. The first-order valence-corrected chi connectivity index (χ1v) is 10.5. The highest BCUT2D eigenvalue weighted by molar-refractivity contribution is 5.94. The smallest absolute Gasteiger partial charge is 0.342 e. The zero-order chi connectivity index (χ0) is 22.1. The van der Waals surface area contributed by atoms with E-state index in [0.717, 1.165) is 5.56 Å². The van der Waals surface area contributed by atoms with Crippen molar-refractivity contribution in [2.75, 3.05) is 26.3 Å². The van der Waals surface area contributed by atoms with Crippen molar-refractivity contribution in [1.82, 2.24) is 4.90 Å². The van der Waals surface area contributed by atoms with Gasteiger partial charge >= 0.3 is 11.9 Å². The van der Waals surface area contributed by atoms with Crippen molar-refractivity contribution >= 4 is 17.8 Å². The first-order valence-electron chi connectivity index (χ1n) is 10.5. The molecule has 1 heterocycles. The lowest BCUT2D eigenvalue weighted by Crippen LogP contribution is -2.42. The molecule has 0 aliphatic carbocycles. The fourth-order valence-corrected chi connectivity index (χ4v) is 3.42. The van der Waals surface area contributed by atoms with Crippen LogP contribution in [0.4, 0.5) is 0 Å². The Labute approximate surface area is 181 Å². The standard InChI is InChI=1S/C24H27NO6/c1-2-29-23(27)19-12-14-25(15-13-19)22(26)17-31-24(28)20-10-6-7-11-21(20)30-16-18-8-4-3-5-9-18/h3-11,19H,2,12-17H2,1H3. The maximum Gasteiger partial charge on any atom is 0.342 e. The van der Waals surface area contributed by atoms with Gasteiger partial charge in [0, 0.05) is 13.1 Å². The van der Waals surface area contributed by atoms with Crippen LogP contribution in [0.5, 0.6) is 5.75 Å². The number of benzene rings is 2. The molecule has 1 aliphatic rings. The largest absolute Gasteiger partial charge is 0.488 e. The van der Waals surface area contributed by atoms with Gasteiger partial charge in [-0.15, -0.1) is 0 Å². The van der Waals surface area contributed by atoms with Crippen molar-refractivity contribution < 1.29 is 28.6 Å². The molecule has 0 radical (unpaired) electrons. The second-order valence-electron chi connectivity index (χ2n) is 7.25. The van der Waals surface area contributed by atoms with Gasteiger partial charge in [-0.25, -0.2) is 4.79 Å². The van der Waals surface area contributed by atoms with Crippen molar-refractivity contribution in [2.24, 2.45) is 5.92 Å². The van der Waals surface area contributed by atoms with Gasteiger partial charge in [0.05, 0.1) is 12.5 Å². The highest BCUT2D eigenvalue weighted by atomic mass is 16.5. The van der Waals surface area contributed by atoms with Crippen LogP contribution in [0.3, 0.4) is 0 Å². The molecule has 1 saturated heterocycles. The molecule has 7 heteroatoms. The van der Waals surface area contributed by atoms with E-state index in [1.807, 2.05) is 30.3 Å². The summed E-state index contributed by atoms with van der Waals surface area (Å²) in [5.74, 6) is -0.885. The van der Waals surface area contributed by atoms with Crippen LogP contribution in [0.15, 0.2) is 54.6 Å². The van der Waals surface area contributed by atoms with Crippen LogP contribution in [0.25, 0.3) is 0 Å². The number of hydrogen-bond donors (Lipinski definition) is 0. The number of piperidine rings is 1. The SMILES string of the molecule is CCOC(=O)C1CCN(C(=O)COC(=O)c2ccccc2OCc2ccccc2)CC1. The lowest BCUT2D eigenvalue weighted by molar-refractivity contribution is -0.151. The Balaban J connectivity index is 1.49. The lowest BCUT2D eigenvalue weighted by atomic mass is 9.97. The summed E-state index contributed by atoms with van der Waals surface area (Å²) in [6, 6.07) is 16.4. The summed E-state index contributed by atoms with van der Waals surface area (Å²) in [4.78, 5) is 38.4. The monoisotopic (exact) mass is 425 g/mol.